The van der Waals surface area contributed by atoms with Gasteiger partial charge in [-0.15, -0.1) is 0 Å². The van der Waals surface area contributed by atoms with Crippen molar-refractivity contribution in [2.75, 3.05) is 13.1 Å². The first-order valence-electron chi connectivity index (χ1n) is 13.4. The molecule has 0 unspecified atom stereocenters. The quantitative estimate of drug-likeness (QED) is 0.0806. The molecule has 0 saturated heterocycles. The van der Waals surface area contributed by atoms with Gasteiger partial charge in [-0.25, -0.2) is 4.79 Å². The third-order valence-corrected chi connectivity index (χ3v) is 6.18. The van der Waals surface area contributed by atoms with Gasteiger partial charge in [0.15, 0.2) is 0 Å². The molecule has 0 aliphatic rings. The number of carboxylic acid groups (broad SMARTS) is 1. The molecule has 0 aliphatic heterocycles. The van der Waals surface area contributed by atoms with E-state index in [4.69, 9.17) is 17.2 Å². The number of hydrogen-bond donors (Lipinski definition) is 8. The van der Waals surface area contributed by atoms with Crippen LogP contribution in [0.3, 0.4) is 0 Å². The number of nitrogens with two attached hydrogens (primary N) is 3. The molecule has 0 fully saturated rings. The smallest absolute Gasteiger partial charge is 0.326 e. The standard InChI is InChI=1S/C25H47N7O7/c1-5-15(4)21(24(37)30-17(25(38)39)8-6-7-11-26)32-20(34)13-29-23(36)18(12-14(2)3)31-22(35)16(27)9-10-19(28)33/h14-18,21H,5-13,26-27H2,1-4H3,(H2,28,33)(H,29,36)(H,30,37)(H,31,35)(H,32,34)(H,38,39)/t15-,16-,17-,18-,21-/m0/s1. The predicted molar refractivity (Wildman–Crippen MR) is 145 cm³/mol. The highest BCUT2D eigenvalue weighted by atomic mass is 16.4. The van der Waals surface area contributed by atoms with Crippen molar-refractivity contribution in [2.45, 2.75) is 96.8 Å². The summed E-state index contributed by atoms with van der Waals surface area (Å²) in [6, 6.07) is -4.17. The lowest BCUT2D eigenvalue weighted by Gasteiger charge is -2.26. The van der Waals surface area contributed by atoms with Gasteiger partial charge in [-0.05, 0) is 50.5 Å². The van der Waals surface area contributed by atoms with E-state index in [9.17, 15) is 33.9 Å². The van der Waals surface area contributed by atoms with E-state index in [1.165, 1.54) is 0 Å². The zero-order valence-electron chi connectivity index (χ0n) is 23.5. The first-order chi connectivity index (χ1) is 18.2. The number of primary amides is 1. The molecule has 0 saturated carbocycles. The molecule has 0 bridgehead atoms. The molecule has 0 radical (unpaired) electrons. The van der Waals surface area contributed by atoms with Crippen molar-refractivity contribution in [3.05, 3.63) is 0 Å². The maximum Gasteiger partial charge on any atom is 0.326 e. The molecule has 11 N–H and O–H groups in total. The van der Waals surface area contributed by atoms with E-state index in [0.717, 1.165) is 0 Å². The molecule has 0 rings (SSSR count). The number of rotatable bonds is 20. The summed E-state index contributed by atoms with van der Waals surface area (Å²) >= 11 is 0. The number of carbonyl (C=O) groups excluding carboxylic acids is 5. The van der Waals surface area contributed by atoms with Gasteiger partial charge in [0, 0.05) is 6.42 Å². The predicted octanol–water partition coefficient (Wildman–Crippen LogP) is -1.54. The minimum atomic E-state index is -1.19. The van der Waals surface area contributed by atoms with Crippen LogP contribution in [-0.4, -0.2) is 77.9 Å². The summed E-state index contributed by atoms with van der Waals surface area (Å²) in [6.07, 6.45) is 2.06. The number of carboxylic acids is 1. The zero-order valence-corrected chi connectivity index (χ0v) is 23.5. The summed E-state index contributed by atoms with van der Waals surface area (Å²) in [5.41, 5.74) is 16.3. The third-order valence-electron chi connectivity index (χ3n) is 6.18. The molecule has 0 spiro atoms. The van der Waals surface area contributed by atoms with E-state index in [1.54, 1.807) is 6.92 Å². The lowest BCUT2D eigenvalue weighted by molar-refractivity contribution is -0.142. The van der Waals surface area contributed by atoms with Gasteiger partial charge >= 0.3 is 5.97 Å². The lowest BCUT2D eigenvalue weighted by Crippen LogP contribution is -2.56. The maximum absolute atomic E-state index is 12.9. The van der Waals surface area contributed by atoms with E-state index < -0.39 is 66.2 Å². The lowest BCUT2D eigenvalue weighted by atomic mass is 9.97. The van der Waals surface area contributed by atoms with Gasteiger partial charge in [0.2, 0.25) is 29.5 Å². The molecule has 5 atom stereocenters. The van der Waals surface area contributed by atoms with E-state index >= 15 is 0 Å². The van der Waals surface area contributed by atoms with Gasteiger partial charge in [-0.1, -0.05) is 34.1 Å². The van der Waals surface area contributed by atoms with Gasteiger partial charge in [-0.2, -0.15) is 0 Å². The van der Waals surface area contributed by atoms with E-state index in [0.29, 0.717) is 25.8 Å². The number of unbranched alkanes of at least 4 members (excludes halogenated alkanes) is 1. The molecule has 224 valence electrons. The fraction of sp³-hybridized carbons (Fsp3) is 0.760. The molecule has 0 aromatic carbocycles. The van der Waals surface area contributed by atoms with E-state index in [-0.39, 0.29) is 37.5 Å². The number of carbonyl (C=O) groups is 6. The van der Waals surface area contributed by atoms with Crippen LogP contribution < -0.4 is 38.5 Å². The highest BCUT2D eigenvalue weighted by molar-refractivity contribution is 5.94. The van der Waals surface area contributed by atoms with Crippen molar-refractivity contribution >= 4 is 35.5 Å². The van der Waals surface area contributed by atoms with Crippen molar-refractivity contribution in [1.29, 1.82) is 0 Å². The van der Waals surface area contributed by atoms with E-state index in [1.807, 2.05) is 20.8 Å². The van der Waals surface area contributed by atoms with E-state index in [2.05, 4.69) is 21.3 Å². The fourth-order valence-electron chi connectivity index (χ4n) is 3.64. The summed E-state index contributed by atoms with van der Waals surface area (Å²) in [6.45, 7) is 7.19. The SMILES string of the molecule is CC[C@H](C)[C@H](NC(=O)CNC(=O)[C@H](CC(C)C)NC(=O)[C@@H](N)CCC(N)=O)C(=O)N[C@@H](CCCCN)C(=O)O. The number of nitrogens with one attached hydrogen (secondary N) is 4. The Morgan fingerprint density at radius 2 is 1.46 bits per heavy atom. The Balaban J connectivity index is 5.22. The Labute approximate surface area is 229 Å². The number of aliphatic carboxylic acids is 1. The second-order valence-electron chi connectivity index (χ2n) is 10.1. The average molecular weight is 558 g/mol. The van der Waals surface area contributed by atoms with Crippen LogP contribution in [0.15, 0.2) is 0 Å². The van der Waals surface area contributed by atoms with Crippen LogP contribution in [0.1, 0.15) is 72.6 Å². The summed E-state index contributed by atoms with van der Waals surface area (Å²) in [5, 5.41) is 19.5. The first-order valence-corrected chi connectivity index (χ1v) is 13.4. The van der Waals surface area contributed by atoms with Crippen LogP contribution in [0.5, 0.6) is 0 Å². The Hall–Kier alpha value is -3.26. The second-order valence-corrected chi connectivity index (χ2v) is 10.1. The Morgan fingerprint density at radius 1 is 0.846 bits per heavy atom. The van der Waals surface area contributed by atoms with Crippen molar-refractivity contribution in [2.24, 2.45) is 29.0 Å². The van der Waals surface area contributed by atoms with Crippen molar-refractivity contribution in [3.63, 3.8) is 0 Å². The Morgan fingerprint density at radius 3 is 1.97 bits per heavy atom. The highest BCUT2D eigenvalue weighted by Crippen LogP contribution is 2.10. The molecular weight excluding hydrogens is 510 g/mol. The zero-order chi connectivity index (χ0) is 30.1. The maximum atomic E-state index is 12.9. The molecule has 14 heteroatoms. The molecule has 14 nitrogen and oxygen atoms in total. The minimum absolute atomic E-state index is 0.0160. The van der Waals surface area contributed by atoms with Crippen molar-refractivity contribution in [3.8, 4) is 0 Å². The van der Waals surface area contributed by atoms with Crippen LogP contribution >= 0.6 is 0 Å². The fourth-order valence-corrected chi connectivity index (χ4v) is 3.64. The molecule has 39 heavy (non-hydrogen) atoms. The summed E-state index contributed by atoms with van der Waals surface area (Å²) in [4.78, 5) is 73.2. The van der Waals surface area contributed by atoms with Crippen LogP contribution in [-0.2, 0) is 28.8 Å². The minimum Gasteiger partial charge on any atom is -0.480 e. The van der Waals surface area contributed by atoms with Gasteiger partial charge in [0.1, 0.15) is 18.1 Å². The topological polar surface area (TPSA) is 249 Å². The normalized spacial score (nSPS) is 14.8. The number of amides is 5. The third kappa shape index (κ3) is 15.1. The summed E-state index contributed by atoms with van der Waals surface area (Å²) < 4.78 is 0. The summed E-state index contributed by atoms with van der Waals surface area (Å²) in [5.74, 6) is -4.64. The van der Waals surface area contributed by atoms with Crippen molar-refractivity contribution in [1.82, 2.24) is 21.3 Å². The molecule has 0 aromatic heterocycles. The summed E-state index contributed by atoms with van der Waals surface area (Å²) in [7, 11) is 0. The van der Waals surface area contributed by atoms with Gasteiger partial charge < -0.3 is 43.6 Å². The second kappa shape index (κ2) is 18.9. The van der Waals surface area contributed by atoms with Crippen LogP contribution in [0, 0.1) is 11.8 Å². The number of hydrogen-bond acceptors (Lipinski definition) is 8. The molecular formula is C25H47N7O7. The Bertz CT molecular complexity index is 838. The molecule has 0 aliphatic carbocycles. The first kappa shape index (κ1) is 35.7. The van der Waals surface area contributed by atoms with Crippen LogP contribution in [0.2, 0.25) is 0 Å². The molecule has 5 amide bonds. The highest BCUT2D eigenvalue weighted by Gasteiger charge is 2.30. The van der Waals surface area contributed by atoms with Crippen molar-refractivity contribution < 1.29 is 33.9 Å². The monoisotopic (exact) mass is 557 g/mol. The largest absolute Gasteiger partial charge is 0.480 e. The molecule has 0 heterocycles. The van der Waals surface area contributed by atoms with Crippen LogP contribution in [0.25, 0.3) is 0 Å². The van der Waals surface area contributed by atoms with Gasteiger partial charge in [0.05, 0.1) is 12.6 Å². The van der Waals surface area contributed by atoms with Gasteiger partial charge in [0.25, 0.3) is 0 Å². The van der Waals surface area contributed by atoms with Crippen LogP contribution in [0.4, 0.5) is 0 Å². The van der Waals surface area contributed by atoms with Gasteiger partial charge in [-0.3, -0.25) is 24.0 Å². The molecule has 0 aromatic rings. The average Bonchev–Trinajstić information content (AvgIpc) is 2.86. The Kier molecular flexibility index (Phi) is 17.3.